The SMILES string of the molecule is CC(C)(C)N=CC(=C(N)c1ccnc(N)n1)c1cccc(NC(=O)Nc2ccc(Cl)cc2F)c1. The molecule has 3 rings (SSSR count). The quantitative estimate of drug-likeness (QED) is 0.372. The molecule has 0 atom stereocenters. The molecule has 0 aliphatic carbocycles. The Hall–Kier alpha value is -3.98. The highest BCUT2D eigenvalue weighted by Gasteiger charge is 2.14. The summed E-state index contributed by atoms with van der Waals surface area (Å²) in [5, 5.41) is 5.37. The minimum absolute atomic E-state index is 0.00143. The summed E-state index contributed by atoms with van der Waals surface area (Å²) in [4.78, 5) is 25.1. The molecule has 0 saturated carbocycles. The van der Waals surface area contributed by atoms with E-state index < -0.39 is 11.8 Å². The third-order valence-corrected chi connectivity index (χ3v) is 4.67. The number of carbonyl (C=O) groups is 1. The highest BCUT2D eigenvalue weighted by Crippen LogP contribution is 2.25. The Balaban J connectivity index is 1.93. The minimum Gasteiger partial charge on any atom is -0.396 e. The molecule has 0 saturated heterocycles. The summed E-state index contributed by atoms with van der Waals surface area (Å²) in [5.74, 6) is -0.550. The van der Waals surface area contributed by atoms with E-state index in [9.17, 15) is 9.18 Å². The molecule has 176 valence electrons. The molecular formula is C24H25ClFN7O. The number of allylic oxidation sites excluding steroid dienone is 1. The van der Waals surface area contributed by atoms with E-state index in [4.69, 9.17) is 23.1 Å². The zero-order chi connectivity index (χ0) is 24.9. The molecule has 0 fully saturated rings. The molecular weight excluding hydrogens is 457 g/mol. The molecule has 0 spiro atoms. The number of halogens is 2. The minimum atomic E-state index is -0.642. The first-order chi connectivity index (χ1) is 16.0. The summed E-state index contributed by atoms with van der Waals surface area (Å²) < 4.78 is 14.0. The molecule has 1 aromatic heterocycles. The lowest BCUT2D eigenvalue weighted by Crippen LogP contribution is -2.20. The average Bonchev–Trinajstić information content (AvgIpc) is 2.75. The Labute approximate surface area is 202 Å². The fourth-order valence-electron chi connectivity index (χ4n) is 2.86. The average molecular weight is 482 g/mol. The molecule has 8 nitrogen and oxygen atoms in total. The highest BCUT2D eigenvalue weighted by molar-refractivity contribution is 6.30. The van der Waals surface area contributed by atoms with Crippen LogP contribution in [0.4, 0.5) is 26.5 Å². The number of nitrogen functional groups attached to an aromatic ring is 1. The summed E-state index contributed by atoms with van der Waals surface area (Å²) >= 11 is 5.75. The molecule has 6 N–H and O–H groups in total. The van der Waals surface area contributed by atoms with Crippen LogP contribution < -0.4 is 22.1 Å². The van der Waals surface area contributed by atoms with E-state index >= 15 is 0 Å². The van der Waals surface area contributed by atoms with Crippen LogP contribution in [0.2, 0.25) is 5.02 Å². The van der Waals surface area contributed by atoms with Crippen molar-refractivity contribution in [2.75, 3.05) is 16.4 Å². The van der Waals surface area contributed by atoms with Crippen molar-refractivity contribution in [3.63, 3.8) is 0 Å². The predicted molar refractivity (Wildman–Crippen MR) is 136 cm³/mol. The van der Waals surface area contributed by atoms with Gasteiger partial charge in [-0.3, -0.25) is 4.99 Å². The lowest BCUT2D eigenvalue weighted by atomic mass is 10.0. The molecule has 10 heteroatoms. The van der Waals surface area contributed by atoms with Gasteiger partial charge in [0.25, 0.3) is 0 Å². The smallest absolute Gasteiger partial charge is 0.323 e. The second-order valence-electron chi connectivity index (χ2n) is 8.34. The van der Waals surface area contributed by atoms with Gasteiger partial charge in [0.15, 0.2) is 0 Å². The van der Waals surface area contributed by atoms with Crippen LogP contribution in [0.25, 0.3) is 11.3 Å². The predicted octanol–water partition coefficient (Wildman–Crippen LogP) is 5.19. The van der Waals surface area contributed by atoms with E-state index in [1.54, 1.807) is 30.5 Å². The van der Waals surface area contributed by atoms with Gasteiger partial charge in [-0.15, -0.1) is 0 Å². The number of urea groups is 1. The second kappa shape index (κ2) is 10.3. The van der Waals surface area contributed by atoms with Gasteiger partial charge in [-0.1, -0.05) is 23.7 Å². The van der Waals surface area contributed by atoms with E-state index in [-0.39, 0.29) is 22.2 Å². The Kier molecular flexibility index (Phi) is 7.47. The first-order valence-electron chi connectivity index (χ1n) is 10.3. The lowest BCUT2D eigenvalue weighted by molar-refractivity contribution is 0.262. The van der Waals surface area contributed by atoms with Crippen molar-refractivity contribution in [2.24, 2.45) is 10.7 Å². The number of amides is 2. The third-order valence-electron chi connectivity index (χ3n) is 4.43. The number of nitrogens with one attached hydrogen (secondary N) is 2. The molecule has 0 unspecified atom stereocenters. The van der Waals surface area contributed by atoms with Crippen LogP contribution in [0.1, 0.15) is 32.0 Å². The monoisotopic (exact) mass is 481 g/mol. The first-order valence-corrected chi connectivity index (χ1v) is 10.7. The number of hydrogen-bond acceptors (Lipinski definition) is 6. The second-order valence-corrected chi connectivity index (χ2v) is 8.78. The van der Waals surface area contributed by atoms with Crippen LogP contribution in [-0.2, 0) is 0 Å². The van der Waals surface area contributed by atoms with Crippen molar-refractivity contribution in [3.8, 4) is 0 Å². The van der Waals surface area contributed by atoms with Crippen molar-refractivity contribution < 1.29 is 9.18 Å². The van der Waals surface area contributed by atoms with Crippen LogP contribution in [0.5, 0.6) is 0 Å². The van der Waals surface area contributed by atoms with Crippen molar-refractivity contribution in [2.45, 2.75) is 26.3 Å². The van der Waals surface area contributed by atoms with Crippen LogP contribution in [0.15, 0.2) is 59.7 Å². The third kappa shape index (κ3) is 6.76. The molecule has 2 amide bonds. The molecule has 0 bridgehead atoms. The van der Waals surface area contributed by atoms with Gasteiger partial charge in [0.1, 0.15) is 5.82 Å². The van der Waals surface area contributed by atoms with Gasteiger partial charge in [-0.05, 0) is 62.7 Å². The van der Waals surface area contributed by atoms with Crippen molar-refractivity contribution in [3.05, 3.63) is 76.8 Å². The Morgan fingerprint density at radius 1 is 1.15 bits per heavy atom. The van der Waals surface area contributed by atoms with Gasteiger partial charge in [0.2, 0.25) is 5.95 Å². The largest absolute Gasteiger partial charge is 0.396 e. The van der Waals surface area contributed by atoms with Gasteiger partial charge in [-0.25, -0.2) is 19.2 Å². The van der Waals surface area contributed by atoms with Gasteiger partial charge in [0, 0.05) is 28.7 Å². The van der Waals surface area contributed by atoms with E-state index in [2.05, 4.69) is 25.6 Å². The lowest BCUT2D eigenvalue weighted by Gasteiger charge is -2.15. The Bertz CT molecular complexity index is 1270. The van der Waals surface area contributed by atoms with Crippen LogP contribution in [0.3, 0.4) is 0 Å². The van der Waals surface area contributed by atoms with Crippen LogP contribution >= 0.6 is 11.6 Å². The summed E-state index contributed by atoms with van der Waals surface area (Å²) in [7, 11) is 0. The van der Waals surface area contributed by atoms with Crippen molar-refractivity contribution in [1.29, 1.82) is 0 Å². The number of hydrogen-bond donors (Lipinski definition) is 4. The highest BCUT2D eigenvalue weighted by atomic mass is 35.5. The molecule has 2 aromatic carbocycles. The molecule has 1 heterocycles. The summed E-state index contributed by atoms with van der Waals surface area (Å²) in [5.41, 5.74) is 14.3. The number of rotatable bonds is 5. The number of aliphatic imine (C=N–C) groups is 1. The zero-order valence-electron chi connectivity index (χ0n) is 18.9. The van der Waals surface area contributed by atoms with Gasteiger partial charge < -0.3 is 22.1 Å². The summed E-state index contributed by atoms with van der Waals surface area (Å²) in [6.07, 6.45) is 3.18. The zero-order valence-corrected chi connectivity index (χ0v) is 19.7. The fourth-order valence-corrected chi connectivity index (χ4v) is 3.02. The standard InChI is InChI=1S/C24H25ClFN7O/c1-24(2,3)30-13-17(21(27)20-9-10-29-22(28)32-20)14-5-4-6-16(11-14)31-23(34)33-19-8-7-15(25)12-18(19)26/h4-13H,27H2,1-3H3,(H2,28,29,32)(H2,31,33,34). The summed E-state index contributed by atoms with van der Waals surface area (Å²) in [6, 6.07) is 12.0. The Morgan fingerprint density at radius 3 is 2.59 bits per heavy atom. The van der Waals surface area contributed by atoms with Crippen molar-refractivity contribution in [1.82, 2.24) is 9.97 Å². The van der Waals surface area contributed by atoms with E-state index in [1.165, 1.54) is 18.3 Å². The maximum atomic E-state index is 14.0. The van der Waals surface area contributed by atoms with Gasteiger partial charge in [-0.2, -0.15) is 0 Å². The van der Waals surface area contributed by atoms with Crippen LogP contribution in [0, 0.1) is 5.82 Å². The van der Waals surface area contributed by atoms with Gasteiger partial charge >= 0.3 is 6.03 Å². The van der Waals surface area contributed by atoms with E-state index in [1.807, 2.05) is 26.8 Å². The van der Waals surface area contributed by atoms with E-state index in [0.717, 1.165) is 6.07 Å². The number of anilines is 3. The number of aromatic nitrogens is 2. The maximum absolute atomic E-state index is 14.0. The molecule has 0 radical (unpaired) electrons. The first kappa shape index (κ1) is 24.7. The summed E-state index contributed by atoms with van der Waals surface area (Å²) in [6.45, 7) is 5.87. The molecule has 0 aliphatic rings. The molecule has 34 heavy (non-hydrogen) atoms. The van der Waals surface area contributed by atoms with E-state index in [0.29, 0.717) is 28.2 Å². The molecule has 0 aliphatic heterocycles. The molecule has 3 aromatic rings. The van der Waals surface area contributed by atoms with Gasteiger partial charge in [0.05, 0.1) is 22.6 Å². The van der Waals surface area contributed by atoms with Crippen LogP contribution in [-0.4, -0.2) is 27.8 Å². The topological polar surface area (TPSA) is 131 Å². The Morgan fingerprint density at radius 2 is 1.91 bits per heavy atom. The number of carbonyl (C=O) groups excluding carboxylic acids is 1. The fraction of sp³-hybridized carbons (Fsp3) is 0.167. The maximum Gasteiger partial charge on any atom is 0.323 e. The van der Waals surface area contributed by atoms with Crippen molar-refractivity contribution >= 4 is 52.4 Å². The number of nitrogens with zero attached hydrogens (tertiary/aromatic N) is 3. The normalized spacial score (nSPS) is 12.4. The number of nitrogens with two attached hydrogens (primary N) is 2. The number of benzene rings is 2.